The monoisotopic (exact) mass is 456 g/mol. The smallest absolute Gasteiger partial charge is 0.216 e. The lowest BCUT2D eigenvalue weighted by Crippen LogP contribution is -1.96. The van der Waals surface area contributed by atoms with Crippen LogP contribution in [0.2, 0.25) is 0 Å². The zero-order valence-electron chi connectivity index (χ0n) is 11.7. The van der Waals surface area contributed by atoms with E-state index in [0.717, 1.165) is 10.2 Å². The number of phenols is 1. The van der Waals surface area contributed by atoms with Crippen LogP contribution in [0.5, 0.6) is 5.75 Å². The lowest BCUT2D eigenvalue weighted by molar-refractivity contribution is 0.471. The molecule has 10 heteroatoms. The van der Waals surface area contributed by atoms with Crippen LogP contribution in [0.25, 0.3) is 11.5 Å². The fourth-order valence-corrected chi connectivity index (χ4v) is 3.34. The van der Waals surface area contributed by atoms with Gasteiger partial charge >= 0.3 is 0 Å². The second kappa shape index (κ2) is 6.38. The molecule has 0 amide bonds. The molecule has 3 aromatic rings. The average Bonchev–Trinajstić information content (AvgIpc) is 3.07. The predicted molar refractivity (Wildman–Crippen MR) is 96.2 cm³/mol. The molecular formula is C13H10Br2N6OS. The Morgan fingerprint density at radius 3 is 2.74 bits per heavy atom. The van der Waals surface area contributed by atoms with Crippen LogP contribution in [0.1, 0.15) is 11.3 Å². The van der Waals surface area contributed by atoms with E-state index in [-0.39, 0.29) is 5.75 Å². The Labute approximate surface area is 152 Å². The average molecular weight is 458 g/mol. The second-order valence-electron chi connectivity index (χ2n) is 4.67. The van der Waals surface area contributed by atoms with Crippen LogP contribution >= 0.6 is 44.1 Å². The summed E-state index contributed by atoms with van der Waals surface area (Å²) in [5.41, 5.74) is 2.04. The van der Waals surface area contributed by atoms with Crippen molar-refractivity contribution < 1.29 is 5.11 Å². The second-order valence-corrected chi connectivity index (χ2v) is 6.83. The van der Waals surface area contributed by atoms with Crippen LogP contribution in [0.4, 0.5) is 0 Å². The van der Waals surface area contributed by atoms with Crippen LogP contribution in [-0.4, -0.2) is 36.4 Å². The molecule has 0 aliphatic heterocycles. The van der Waals surface area contributed by atoms with Gasteiger partial charge in [0, 0.05) is 15.7 Å². The number of benzene rings is 1. The molecule has 0 bridgehead atoms. The van der Waals surface area contributed by atoms with E-state index < -0.39 is 0 Å². The fraction of sp³-hybridized carbons (Fsp3) is 0.0769. The summed E-state index contributed by atoms with van der Waals surface area (Å²) in [6, 6.07) is 5.32. The summed E-state index contributed by atoms with van der Waals surface area (Å²) in [5, 5.41) is 28.2. The Bertz CT molecular complexity index is 958. The highest BCUT2D eigenvalue weighted by Crippen LogP contribution is 2.30. The molecule has 0 radical (unpaired) electrons. The normalized spacial score (nSPS) is 11.4. The van der Waals surface area contributed by atoms with E-state index in [1.165, 1.54) is 10.9 Å². The molecule has 0 saturated carbocycles. The van der Waals surface area contributed by atoms with Crippen molar-refractivity contribution in [3.63, 3.8) is 0 Å². The number of aromatic amines is 2. The van der Waals surface area contributed by atoms with Crippen LogP contribution in [0.15, 0.2) is 32.2 Å². The topological polar surface area (TPSA) is 94.9 Å². The number of hydrogen-bond donors (Lipinski definition) is 3. The van der Waals surface area contributed by atoms with E-state index in [0.29, 0.717) is 26.3 Å². The molecule has 0 aliphatic rings. The number of phenolic OH excluding ortho intramolecular Hbond substituents is 1. The molecule has 0 atom stereocenters. The van der Waals surface area contributed by atoms with Crippen molar-refractivity contribution in [1.82, 2.24) is 25.1 Å². The van der Waals surface area contributed by atoms with Gasteiger partial charge in [0.25, 0.3) is 0 Å². The van der Waals surface area contributed by atoms with Gasteiger partial charge in [-0.15, -0.1) is 0 Å². The number of nitrogens with one attached hydrogen (secondary N) is 2. The van der Waals surface area contributed by atoms with E-state index in [1.807, 2.05) is 13.0 Å². The lowest BCUT2D eigenvalue weighted by Gasteiger charge is -2.03. The van der Waals surface area contributed by atoms with E-state index in [2.05, 4.69) is 57.4 Å². The summed E-state index contributed by atoms with van der Waals surface area (Å²) in [6.07, 6.45) is 1.50. The summed E-state index contributed by atoms with van der Waals surface area (Å²) >= 11 is 11.8. The van der Waals surface area contributed by atoms with Gasteiger partial charge in [0.2, 0.25) is 10.6 Å². The first-order valence-corrected chi connectivity index (χ1v) is 8.37. The highest BCUT2D eigenvalue weighted by Gasteiger charge is 2.12. The first-order valence-electron chi connectivity index (χ1n) is 6.38. The minimum Gasteiger partial charge on any atom is -0.506 e. The first-order chi connectivity index (χ1) is 11.0. The van der Waals surface area contributed by atoms with Gasteiger partial charge in [0.15, 0.2) is 0 Å². The maximum atomic E-state index is 10.1. The van der Waals surface area contributed by atoms with Gasteiger partial charge in [-0.05, 0) is 53.3 Å². The first kappa shape index (κ1) is 16.1. The van der Waals surface area contributed by atoms with Crippen molar-refractivity contribution in [1.29, 1.82) is 0 Å². The zero-order valence-corrected chi connectivity index (χ0v) is 15.7. The largest absolute Gasteiger partial charge is 0.506 e. The Hall–Kier alpha value is -1.78. The molecule has 7 nitrogen and oxygen atoms in total. The van der Waals surface area contributed by atoms with E-state index in [4.69, 9.17) is 12.2 Å². The summed E-state index contributed by atoms with van der Waals surface area (Å²) in [5.74, 6) is 0.563. The Kier molecular flexibility index (Phi) is 4.46. The third kappa shape index (κ3) is 3.28. The molecule has 0 saturated heterocycles. The standard InChI is InChI=1S/C13H10Br2N6OS/c1-6-2-10(18-17-6)12-19-20-13(23)21(12)16-5-7-3-8(14)4-9(15)11(7)22/h2-5,22H,1H3,(H,17,18)(H,20,23)/b16-5+. The molecule has 23 heavy (non-hydrogen) atoms. The lowest BCUT2D eigenvalue weighted by atomic mass is 10.2. The SMILES string of the molecule is Cc1cc(-c2n[nH]c(=S)n2/N=C/c2cc(Br)cc(Br)c2O)n[nH]1. The molecule has 118 valence electrons. The molecule has 2 aromatic heterocycles. The number of aromatic hydroxyl groups is 1. The van der Waals surface area contributed by atoms with Gasteiger partial charge in [-0.2, -0.15) is 20.0 Å². The van der Waals surface area contributed by atoms with Gasteiger partial charge in [-0.3, -0.25) is 5.10 Å². The number of aryl methyl sites for hydroxylation is 1. The molecule has 0 fully saturated rings. The molecule has 0 unspecified atom stereocenters. The van der Waals surface area contributed by atoms with Crippen LogP contribution in [0, 0.1) is 11.7 Å². The molecule has 1 aromatic carbocycles. The van der Waals surface area contributed by atoms with Gasteiger partial charge in [0.05, 0.1) is 10.7 Å². The molecule has 3 N–H and O–H groups in total. The maximum absolute atomic E-state index is 10.1. The third-order valence-corrected chi connectivity index (χ3v) is 4.28. The van der Waals surface area contributed by atoms with Gasteiger partial charge < -0.3 is 5.11 Å². The number of rotatable bonds is 3. The summed E-state index contributed by atoms with van der Waals surface area (Å²) in [6.45, 7) is 1.89. The number of nitrogens with zero attached hydrogens (tertiary/aromatic N) is 4. The van der Waals surface area contributed by atoms with Crippen molar-refractivity contribution >= 4 is 50.3 Å². The summed E-state index contributed by atoms with van der Waals surface area (Å²) < 4.78 is 3.14. The van der Waals surface area contributed by atoms with Gasteiger partial charge in [-0.1, -0.05) is 15.9 Å². The van der Waals surface area contributed by atoms with Crippen molar-refractivity contribution in [2.24, 2.45) is 5.10 Å². The number of halogens is 2. The van der Waals surface area contributed by atoms with Crippen molar-refractivity contribution in [3.8, 4) is 17.3 Å². The zero-order chi connectivity index (χ0) is 16.6. The van der Waals surface area contributed by atoms with Crippen molar-refractivity contribution in [2.45, 2.75) is 6.92 Å². The predicted octanol–water partition coefficient (Wildman–Crippen LogP) is 3.75. The third-order valence-electron chi connectivity index (χ3n) is 2.96. The van der Waals surface area contributed by atoms with Gasteiger partial charge in [-0.25, -0.2) is 5.10 Å². The molecule has 3 rings (SSSR count). The van der Waals surface area contributed by atoms with E-state index in [9.17, 15) is 5.11 Å². The minimum atomic E-state index is 0.0872. The number of H-pyrrole nitrogens is 2. The highest BCUT2D eigenvalue weighted by molar-refractivity contribution is 9.11. The van der Waals surface area contributed by atoms with Crippen molar-refractivity contribution in [3.05, 3.63) is 43.2 Å². The van der Waals surface area contributed by atoms with E-state index in [1.54, 1.807) is 12.1 Å². The Balaban J connectivity index is 2.04. The van der Waals surface area contributed by atoms with Gasteiger partial charge in [0.1, 0.15) is 11.4 Å². The summed E-state index contributed by atoms with van der Waals surface area (Å²) in [4.78, 5) is 0. The number of aromatic nitrogens is 5. The van der Waals surface area contributed by atoms with Crippen LogP contribution < -0.4 is 0 Å². The molecular weight excluding hydrogens is 448 g/mol. The van der Waals surface area contributed by atoms with Crippen molar-refractivity contribution in [2.75, 3.05) is 0 Å². The fourth-order valence-electron chi connectivity index (χ4n) is 1.90. The Morgan fingerprint density at radius 2 is 2.04 bits per heavy atom. The summed E-state index contributed by atoms with van der Waals surface area (Å²) in [7, 11) is 0. The molecule has 0 spiro atoms. The Morgan fingerprint density at radius 1 is 1.26 bits per heavy atom. The maximum Gasteiger partial charge on any atom is 0.216 e. The highest BCUT2D eigenvalue weighted by atomic mass is 79.9. The van der Waals surface area contributed by atoms with Crippen LogP contribution in [0.3, 0.4) is 0 Å². The quantitative estimate of drug-likeness (QED) is 0.412. The molecule has 2 heterocycles. The minimum absolute atomic E-state index is 0.0872. The van der Waals surface area contributed by atoms with E-state index >= 15 is 0 Å². The van der Waals surface area contributed by atoms with Crippen LogP contribution in [-0.2, 0) is 0 Å². The number of hydrogen-bond acceptors (Lipinski definition) is 5. The molecule has 0 aliphatic carbocycles.